The smallest absolute Gasteiger partial charge is 0.281 e. The second-order valence-corrected chi connectivity index (χ2v) is 9.16. The zero-order valence-electron chi connectivity index (χ0n) is 17.5. The fourth-order valence-corrected chi connectivity index (χ4v) is 4.90. The summed E-state index contributed by atoms with van der Waals surface area (Å²) in [5.41, 5.74) is 7.22. The second kappa shape index (κ2) is 8.44. The molecule has 4 rings (SSSR count). The van der Waals surface area contributed by atoms with E-state index in [1.54, 1.807) is 12.1 Å². The summed E-state index contributed by atoms with van der Waals surface area (Å²) < 4.78 is 32.4. The van der Waals surface area contributed by atoms with Gasteiger partial charge in [0.2, 0.25) is 5.91 Å². The van der Waals surface area contributed by atoms with E-state index in [4.69, 9.17) is 27.9 Å². The van der Waals surface area contributed by atoms with Crippen molar-refractivity contribution >= 4 is 17.5 Å². The molecular weight excluding hydrogens is 428 g/mol. The van der Waals surface area contributed by atoms with Crippen molar-refractivity contribution in [2.24, 2.45) is 17.0 Å². The van der Waals surface area contributed by atoms with Crippen LogP contribution in [0.4, 0.5) is 8.78 Å². The summed E-state index contributed by atoms with van der Waals surface area (Å²) >= 11 is 6.46. The Labute approximate surface area is 185 Å². The van der Waals surface area contributed by atoms with E-state index in [1.165, 1.54) is 7.05 Å². The van der Waals surface area contributed by atoms with Crippen LogP contribution in [0.15, 0.2) is 23.5 Å². The summed E-state index contributed by atoms with van der Waals surface area (Å²) in [5, 5.41) is 4.89. The van der Waals surface area contributed by atoms with Crippen LogP contribution < -0.4 is 21.6 Å². The van der Waals surface area contributed by atoms with E-state index in [2.05, 4.69) is 5.32 Å². The molecule has 0 unspecified atom stereocenters. The van der Waals surface area contributed by atoms with Gasteiger partial charge in [0, 0.05) is 37.1 Å². The molecule has 5 N–H and O–H groups in total. The van der Waals surface area contributed by atoms with Gasteiger partial charge in [0.15, 0.2) is 0 Å². The maximum absolute atomic E-state index is 13.3. The summed E-state index contributed by atoms with van der Waals surface area (Å²) in [7, 11) is 1.30. The van der Waals surface area contributed by atoms with Gasteiger partial charge in [-0.1, -0.05) is 11.6 Å². The van der Waals surface area contributed by atoms with Crippen molar-refractivity contribution in [3.63, 3.8) is 0 Å². The van der Waals surface area contributed by atoms with Gasteiger partial charge >= 0.3 is 0 Å². The first-order valence-electron chi connectivity index (χ1n) is 10.4. The number of hydrogen-bond donors (Lipinski definition) is 3. The van der Waals surface area contributed by atoms with Crippen molar-refractivity contribution in [2.45, 2.75) is 38.2 Å². The average molecular weight is 456 g/mol. The number of alkyl halides is 2. The van der Waals surface area contributed by atoms with Gasteiger partial charge in [-0.25, -0.2) is 14.6 Å². The topological polar surface area (TPSA) is 96.8 Å². The van der Waals surface area contributed by atoms with Gasteiger partial charge in [-0.3, -0.25) is 4.79 Å². The number of hydrogen-bond acceptors (Lipinski definition) is 6. The van der Waals surface area contributed by atoms with Crippen molar-refractivity contribution < 1.29 is 18.3 Å². The number of fused-ring (bicyclic) bond motifs is 1. The number of likely N-dealkylation sites (tertiary alicyclic amines) is 1. The largest absolute Gasteiger partial charge is 0.487 e. The van der Waals surface area contributed by atoms with E-state index in [1.807, 2.05) is 4.90 Å². The monoisotopic (exact) mass is 455 g/mol. The van der Waals surface area contributed by atoms with E-state index < -0.39 is 12.1 Å². The molecule has 1 aliphatic carbocycles. The first-order valence-corrected chi connectivity index (χ1v) is 10.8. The van der Waals surface area contributed by atoms with Crippen LogP contribution in [0.2, 0.25) is 5.02 Å². The number of hydrazine groups is 1. The number of nitrogens with two attached hydrogens (primary N) is 2. The van der Waals surface area contributed by atoms with Crippen molar-refractivity contribution in [3.05, 3.63) is 39.7 Å². The lowest BCUT2D eigenvalue weighted by atomic mass is 9.92. The van der Waals surface area contributed by atoms with Crippen LogP contribution >= 0.6 is 11.6 Å². The number of halogens is 3. The Balaban J connectivity index is 1.57. The number of nitrogens with one attached hydrogen (secondary N) is 1. The van der Waals surface area contributed by atoms with Crippen molar-refractivity contribution in [1.29, 1.82) is 0 Å². The van der Waals surface area contributed by atoms with Gasteiger partial charge in [-0.15, -0.1) is 0 Å². The fourth-order valence-electron chi connectivity index (χ4n) is 4.64. The lowest BCUT2D eigenvalue weighted by Gasteiger charge is -2.32. The van der Waals surface area contributed by atoms with E-state index >= 15 is 0 Å². The summed E-state index contributed by atoms with van der Waals surface area (Å²) in [6.45, 7) is 1.78. The predicted molar refractivity (Wildman–Crippen MR) is 113 cm³/mol. The number of allylic oxidation sites excluding steroid dienone is 1. The van der Waals surface area contributed by atoms with Crippen molar-refractivity contribution in [3.8, 4) is 5.75 Å². The summed E-state index contributed by atoms with van der Waals surface area (Å²) in [4.78, 5) is 14.4. The zero-order valence-corrected chi connectivity index (χ0v) is 18.2. The molecule has 0 bridgehead atoms. The molecule has 0 aromatic heterocycles. The van der Waals surface area contributed by atoms with Gasteiger partial charge in [0.25, 0.3) is 6.43 Å². The Kier molecular flexibility index (Phi) is 6.02. The third kappa shape index (κ3) is 4.44. The highest BCUT2D eigenvalue weighted by Gasteiger charge is 2.52. The summed E-state index contributed by atoms with van der Waals surface area (Å²) in [5.74, 6) is 6.18. The summed E-state index contributed by atoms with van der Waals surface area (Å²) in [6.07, 6.45) is 0.729. The van der Waals surface area contributed by atoms with E-state index in [-0.39, 0.29) is 29.7 Å². The van der Waals surface area contributed by atoms with Crippen LogP contribution in [-0.4, -0.2) is 55.5 Å². The first kappa shape index (κ1) is 22.1. The number of amides is 1. The van der Waals surface area contributed by atoms with E-state index in [9.17, 15) is 13.6 Å². The van der Waals surface area contributed by atoms with Gasteiger partial charge in [0.05, 0.1) is 11.7 Å². The van der Waals surface area contributed by atoms with E-state index in [0.29, 0.717) is 30.2 Å². The summed E-state index contributed by atoms with van der Waals surface area (Å²) in [6, 6.07) is 3.30. The van der Waals surface area contributed by atoms with Crippen LogP contribution in [0.25, 0.3) is 0 Å². The van der Waals surface area contributed by atoms with Gasteiger partial charge in [0.1, 0.15) is 18.1 Å². The molecule has 2 fully saturated rings. The predicted octanol–water partition coefficient (Wildman–Crippen LogP) is 2.16. The number of carbonyl (C=O) groups excluding carboxylic acids is 1. The third-order valence-corrected chi connectivity index (χ3v) is 6.79. The Morgan fingerprint density at radius 3 is 2.81 bits per heavy atom. The molecular formula is C21H28ClF2N5O2. The highest BCUT2D eigenvalue weighted by atomic mass is 35.5. The highest BCUT2D eigenvalue weighted by Crippen LogP contribution is 2.53. The highest BCUT2D eigenvalue weighted by molar-refractivity contribution is 6.31. The molecule has 10 heteroatoms. The number of carbonyl (C=O) groups is 1. The molecule has 1 aromatic rings. The molecule has 1 saturated heterocycles. The molecule has 170 valence electrons. The molecule has 3 aliphatic rings. The SMILES string of the molecule is CN(N)/C(=C(\N)COc1ccc(Cl)c2c1[C@@H](CN1CC3(CC3)CC1=O)NCC2)C(F)F. The number of benzene rings is 1. The minimum Gasteiger partial charge on any atom is -0.487 e. The molecule has 1 amide bonds. The van der Waals surface area contributed by atoms with Crippen LogP contribution in [-0.2, 0) is 11.2 Å². The van der Waals surface area contributed by atoms with Gasteiger partial charge in [-0.2, -0.15) is 0 Å². The quantitative estimate of drug-likeness (QED) is 0.430. The molecule has 1 atom stereocenters. The average Bonchev–Trinajstić information content (AvgIpc) is 3.37. The molecule has 1 spiro atoms. The maximum atomic E-state index is 13.3. The van der Waals surface area contributed by atoms with Crippen molar-refractivity contribution in [2.75, 3.05) is 33.3 Å². The second-order valence-electron chi connectivity index (χ2n) is 8.76. The third-order valence-electron chi connectivity index (χ3n) is 6.44. The minimum atomic E-state index is -2.82. The number of nitrogens with zero attached hydrogens (tertiary/aromatic N) is 2. The zero-order chi connectivity index (χ0) is 22.3. The van der Waals surface area contributed by atoms with Crippen LogP contribution in [0.1, 0.15) is 36.4 Å². The maximum Gasteiger partial charge on any atom is 0.281 e. The molecule has 1 saturated carbocycles. The molecule has 2 heterocycles. The lowest BCUT2D eigenvalue weighted by molar-refractivity contribution is -0.128. The Bertz CT molecular complexity index is 894. The van der Waals surface area contributed by atoms with E-state index in [0.717, 1.165) is 42.1 Å². The fraction of sp³-hybridized carbons (Fsp3) is 0.571. The molecule has 7 nitrogen and oxygen atoms in total. The van der Waals surface area contributed by atoms with Crippen LogP contribution in [0.3, 0.4) is 0 Å². The molecule has 2 aliphatic heterocycles. The van der Waals surface area contributed by atoms with Gasteiger partial charge < -0.3 is 25.7 Å². The molecule has 31 heavy (non-hydrogen) atoms. The minimum absolute atomic E-state index is 0.144. The van der Waals surface area contributed by atoms with Gasteiger partial charge in [-0.05, 0) is 48.9 Å². The first-order chi connectivity index (χ1) is 14.7. The standard InChI is InChI=1S/C21H28ClF2N5O2/c1-28(26)19(20(23)24)14(25)10-31-16-3-2-13(22)12-4-7-27-15(18(12)16)9-29-11-21(5-6-21)8-17(29)30/h2-3,15,20,27H,4-11,25-26H2,1H3/b19-14-/t15-/m1/s1. The lowest BCUT2D eigenvalue weighted by Crippen LogP contribution is -2.40. The van der Waals surface area contributed by atoms with Crippen LogP contribution in [0, 0.1) is 5.41 Å². The Hall–Kier alpha value is -2.10. The Morgan fingerprint density at radius 2 is 2.19 bits per heavy atom. The molecule has 0 radical (unpaired) electrons. The molecule has 1 aromatic carbocycles. The number of ether oxygens (including phenoxy) is 1. The number of rotatable bonds is 7. The van der Waals surface area contributed by atoms with Crippen molar-refractivity contribution in [1.82, 2.24) is 15.2 Å². The van der Waals surface area contributed by atoms with Crippen LogP contribution in [0.5, 0.6) is 5.75 Å². The Morgan fingerprint density at radius 1 is 1.45 bits per heavy atom. The normalized spacial score (nSPS) is 22.6.